The van der Waals surface area contributed by atoms with Gasteiger partial charge in [-0.25, -0.2) is 0 Å². The third kappa shape index (κ3) is 6.22. The first-order chi connectivity index (χ1) is 16.2. The minimum absolute atomic E-state index is 0.121. The first kappa shape index (κ1) is 25.4. The Balaban J connectivity index is 1.73. The summed E-state index contributed by atoms with van der Waals surface area (Å²) in [5, 5.41) is 25.9. The highest BCUT2D eigenvalue weighted by Gasteiger charge is 2.34. The Bertz CT molecular complexity index is 1090. The van der Waals surface area contributed by atoms with Crippen molar-refractivity contribution in [2.75, 3.05) is 7.11 Å². The van der Waals surface area contributed by atoms with Crippen LogP contribution in [0.2, 0.25) is 0 Å². The van der Waals surface area contributed by atoms with Crippen molar-refractivity contribution in [1.29, 1.82) is 0 Å². The molecule has 180 valence electrons. The van der Waals surface area contributed by atoms with Gasteiger partial charge in [0, 0.05) is 22.9 Å². The van der Waals surface area contributed by atoms with Crippen molar-refractivity contribution in [2.24, 2.45) is 5.73 Å². The summed E-state index contributed by atoms with van der Waals surface area (Å²) in [6.07, 6.45) is -1.21. The Morgan fingerprint density at radius 1 is 1.12 bits per heavy atom. The molecule has 3 rings (SSSR count). The van der Waals surface area contributed by atoms with Crippen LogP contribution in [0.1, 0.15) is 22.3 Å². The summed E-state index contributed by atoms with van der Waals surface area (Å²) in [6, 6.07) is 11.7. The lowest BCUT2D eigenvalue weighted by Crippen LogP contribution is -2.52. The number of aliphatic hydroxyl groups excluding tert-OH is 2. The minimum atomic E-state index is -1.31. The molecule has 0 spiro atoms. The van der Waals surface area contributed by atoms with Crippen LogP contribution in [-0.2, 0) is 16.0 Å². The van der Waals surface area contributed by atoms with E-state index in [9.17, 15) is 24.6 Å². The summed E-state index contributed by atoms with van der Waals surface area (Å²) in [7, 11) is 1.54. The van der Waals surface area contributed by atoms with E-state index in [4.69, 9.17) is 10.5 Å². The lowest BCUT2D eigenvalue weighted by molar-refractivity contribution is -0.125. The quantitative estimate of drug-likeness (QED) is 0.340. The van der Waals surface area contributed by atoms with Crippen LogP contribution in [0.15, 0.2) is 64.7 Å². The highest BCUT2D eigenvalue weighted by molar-refractivity contribution is 9.10. The summed E-state index contributed by atoms with van der Waals surface area (Å²) >= 11 is 3.30. The number of carbonyl (C=O) groups is 3. The molecule has 0 saturated carbocycles. The molecule has 0 aliphatic heterocycles. The Hall–Kier alpha value is -3.21. The fourth-order valence-electron chi connectivity index (χ4n) is 3.61. The average Bonchev–Trinajstić information content (AvgIpc) is 2.81. The summed E-state index contributed by atoms with van der Waals surface area (Å²) in [5.41, 5.74) is 6.71. The molecule has 2 aromatic rings. The average molecular weight is 532 g/mol. The predicted molar refractivity (Wildman–Crippen MR) is 128 cm³/mol. The molecule has 0 fully saturated rings. The van der Waals surface area contributed by atoms with Gasteiger partial charge in [-0.3, -0.25) is 14.4 Å². The number of amides is 3. The fraction of sp³-hybridized carbons (Fsp3) is 0.292. The van der Waals surface area contributed by atoms with Crippen molar-refractivity contribution in [1.82, 2.24) is 10.6 Å². The standard InChI is InChI=1S/C24H26BrN3O6/c1-34-15-8-6-13(7-9-15)10-19(22(26)31)28-23(32)14-11-18(21(30)20(29)12-14)27-24(33)16-4-2-3-5-17(16)25/h2-9,11,18-21,29-30H,10,12H2,1H3,(H2,26,31)(H,27,33)(H,28,32)/t18-,19+,20-,21-/m1/s1. The normalized spacial score (nSPS) is 20.6. The number of primary amides is 1. The maximum Gasteiger partial charge on any atom is 0.252 e. The number of aliphatic hydroxyl groups is 2. The Morgan fingerprint density at radius 2 is 1.79 bits per heavy atom. The molecule has 9 nitrogen and oxygen atoms in total. The molecule has 0 heterocycles. The topological polar surface area (TPSA) is 151 Å². The summed E-state index contributed by atoms with van der Waals surface area (Å²) in [4.78, 5) is 37.5. The van der Waals surface area contributed by atoms with Gasteiger partial charge in [0.2, 0.25) is 11.8 Å². The fourth-order valence-corrected chi connectivity index (χ4v) is 4.07. The van der Waals surface area contributed by atoms with Crippen LogP contribution in [0.4, 0.5) is 0 Å². The Morgan fingerprint density at radius 3 is 2.41 bits per heavy atom. The first-order valence-corrected chi connectivity index (χ1v) is 11.3. The summed E-state index contributed by atoms with van der Waals surface area (Å²) in [6.45, 7) is 0. The second-order valence-corrected chi connectivity index (χ2v) is 8.77. The molecule has 6 N–H and O–H groups in total. The molecule has 2 aromatic carbocycles. The van der Waals surface area contributed by atoms with Crippen LogP contribution >= 0.6 is 15.9 Å². The smallest absolute Gasteiger partial charge is 0.252 e. The molecule has 0 radical (unpaired) electrons. The van der Waals surface area contributed by atoms with Crippen molar-refractivity contribution < 1.29 is 29.3 Å². The third-order valence-electron chi connectivity index (χ3n) is 5.53. The van der Waals surface area contributed by atoms with Crippen LogP contribution in [-0.4, -0.2) is 59.3 Å². The van der Waals surface area contributed by atoms with Crippen molar-refractivity contribution in [2.45, 2.75) is 37.1 Å². The number of hydrogen-bond donors (Lipinski definition) is 5. The van der Waals surface area contributed by atoms with Crippen LogP contribution in [0.25, 0.3) is 0 Å². The van der Waals surface area contributed by atoms with Crippen LogP contribution in [0.3, 0.4) is 0 Å². The number of methoxy groups -OCH3 is 1. The Labute approximate surface area is 205 Å². The summed E-state index contributed by atoms with van der Waals surface area (Å²) < 4.78 is 5.67. The van der Waals surface area contributed by atoms with Crippen molar-refractivity contribution in [3.05, 3.63) is 75.8 Å². The molecule has 3 amide bonds. The second-order valence-electron chi connectivity index (χ2n) is 7.91. The lowest BCUT2D eigenvalue weighted by atomic mass is 9.89. The monoisotopic (exact) mass is 531 g/mol. The zero-order chi connectivity index (χ0) is 24.8. The molecule has 0 saturated heterocycles. The lowest BCUT2D eigenvalue weighted by Gasteiger charge is -2.31. The van der Waals surface area contributed by atoms with Gasteiger partial charge in [-0.2, -0.15) is 0 Å². The van der Waals surface area contributed by atoms with Gasteiger partial charge in [-0.15, -0.1) is 0 Å². The van der Waals surface area contributed by atoms with Gasteiger partial charge in [0.15, 0.2) is 0 Å². The molecule has 34 heavy (non-hydrogen) atoms. The summed E-state index contributed by atoms with van der Waals surface area (Å²) in [5.74, 6) is -1.18. The van der Waals surface area contributed by atoms with Crippen LogP contribution in [0, 0.1) is 0 Å². The number of ether oxygens (including phenoxy) is 1. The highest BCUT2D eigenvalue weighted by atomic mass is 79.9. The van der Waals surface area contributed by atoms with E-state index in [1.807, 2.05) is 0 Å². The molecular formula is C24H26BrN3O6. The highest BCUT2D eigenvalue weighted by Crippen LogP contribution is 2.22. The van der Waals surface area contributed by atoms with E-state index in [2.05, 4.69) is 26.6 Å². The van der Waals surface area contributed by atoms with Crippen molar-refractivity contribution in [3.8, 4) is 5.75 Å². The second kappa shape index (κ2) is 11.3. The van der Waals surface area contributed by atoms with Crippen molar-refractivity contribution >= 4 is 33.7 Å². The number of nitrogens with two attached hydrogens (primary N) is 1. The number of halogens is 1. The first-order valence-electron chi connectivity index (χ1n) is 10.5. The van der Waals surface area contributed by atoms with E-state index in [0.29, 0.717) is 15.8 Å². The molecule has 0 aromatic heterocycles. The molecule has 1 aliphatic carbocycles. The van der Waals surface area contributed by atoms with Gasteiger partial charge >= 0.3 is 0 Å². The number of nitrogens with one attached hydrogen (secondary N) is 2. The third-order valence-corrected chi connectivity index (χ3v) is 6.22. The van der Waals surface area contributed by atoms with Gasteiger partial charge in [0.25, 0.3) is 5.91 Å². The number of hydrogen-bond acceptors (Lipinski definition) is 6. The van der Waals surface area contributed by atoms with E-state index in [0.717, 1.165) is 5.56 Å². The van der Waals surface area contributed by atoms with Crippen LogP contribution in [0.5, 0.6) is 5.75 Å². The largest absolute Gasteiger partial charge is 0.497 e. The Kier molecular flexibility index (Phi) is 8.43. The van der Waals surface area contributed by atoms with Gasteiger partial charge < -0.3 is 31.3 Å². The molecule has 4 atom stereocenters. The maximum absolute atomic E-state index is 12.9. The zero-order valence-electron chi connectivity index (χ0n) is 18.4. The van der Waals surface area contributed by atoms with Crippen LogP contribution < -0.4 is 21.1 Å². The molecule has 0 bridgehead atoms. The van der Waals surface area contributed by atoms with Gasteiger partial charge in [0.05, 0.1) is 24.8 Å². The van der Waals surface area contributed by atoms with E-state index in [1.54, 1.807) is 55.6 Å². The molecule has 10 heteroatoms. The van der Waals surface area contributed by atoms with E-state index in [1.165, 1.54) is 6.08 Å². The molecule has 1 aliphatic rings. The number of rotatable bonds is 8. The molecular weight excluding hydrogens is 506 g/mol. The zero-order valence-corrected chi connectivity index (χ0v) is 20.0. The predicted octanol–water partition coefficient (Wildman–Crippen LogP) is 0.821. The van der Waals surface area contributed by atoms with E-state index < -0.39 is 42.0 Å². The van der Waals surface area contributed by atoms with E-state index >= 15 is 0 Å². The van der Waals surface area contributed by atoms with Gasteiger partial charge in [0.1, 0.15) is 17.9 Å². The SMILES string of the molecule is COc1ccc(C[C@H](NC(=O)C2=C[C@@H](NC(=O)c3ccccc3Br)[C@@H](O)[C@H](O)C2)C(N)=O)cc1. The minimum Gasteiger partial charge on any atom is -0.497 e. The van der Waals surface area contributed by atoms with Gasteiger partial charge in [-0.05, 0) is 45.8 Å². The number of benzene rings is 2. The van der Waals surface area contributed by atoms with Gasteiger partial charge in [-0.1, -0.05) is 30.3 Å². The van der Waals surface area contributed by atoms with E-state index in [-0.39, 0.29) is 18.4 Å². The number of carbonyl (C=O) groups excluding carboxylic acids is 3. The molecule has 0 unspecified atom stereocenters. The van der Waals surface area contributed by atoms with Crippen molar-refractivity contribution in [3.63, 3.8) is 0 Å². The maximum atomic E-state index is 12.9.